The van der Waals surface area contributed by atoms with Gasteiger partial charge in [0.15, 0.2) is 0 Å². The molecule has 0 atom stereocenters. The summed E-state index contributed by atoms with van der Waals surface area (Å²) in [6.45, 7) is 7.33. The molecule has 0 spiro atoms. The summed E-state index contributed by atoms with van der Waals surface area (Å²) in [6.07, 6.45) is 0. The van der Waals surface area contributed by atoms with Gasteiger partial charge in [-0.25, -0.2) is 14.4 Å². The standard InChI is InChI=1S/C22H22ClFN4O2/c1-11(2)28(5)22(30)14-6-7-17(23)18(8-14)27-21(29)16-9-15(24)10-19-20(16)26-13(4)12(3)25-19/h6-11H,1-5H3,(H,27,29). The first-order valence-electron chi connectivity index (χ1n) is 9.41. The van der Waals surface area contributed by atoms with Crippen LogP contribution in [0.25, 0.3) is 11.0 Å². The van der Waals surface area contributed by atoms with Crippen LogP contribution in [0.3, 0.4) is 0 Å². The van der Waals surface area contributed by atoms with Crippen LogP contribution in [0.5, 0.6) is 0 Å². The van der Waals surface area contributed by atoms with Crippen molar-refractivity contribution in [1.82, 2.24) is 14.9 Å². The maximum absolute atomic E-state index is 14.1. The number of nitrogens with zero attached hydrogens (tertiary/aromatic N) is 3. The van der Waals surface area contributed by atoms with Crippen LogP contribution in [-0.2, 0) is 0 Å². The number of anilines is 1. The van der Waals surface area contributed by atoms with E-state index < -0.39 is 11.7 Å². The fourth-order valence-electron chi connectivity index (χ4n) is 2.85. The van der Waals surface area contributed by atoms with Crippen LogP contribution in [0.1, 0.15) is 46.0 Å². The lowest BCUT2D eigenvalue weighted by molar-refractivity contribution is 0.0754. The van der Waals surface area contributed by atoms with Gasteiger partial charge in [-0.2, -0.15) is 0 Å². The van der Waals surface area contributed by atoms with E-state index in [4.69, 9.17) is 11.6 Å². The molecular formula is C22H22ClFN4O2. The van der Waals surface area contributed by atoms with E-state index in [9.17, 15) is 14.0 Å². The first-order valence-corrected chi connectivity index (χ1v) is 9.79. The minimum absolute atomic E-state index is 0.00940. The smallest absolute Gasteiger partial charge is 0.258 e. The van der Waals surface area contributed by atoms with Gasteiger partial charge in [-0.05, 0) is 52.0 Å². The van der Waals surface area contributed by atoms with Gasteiger partial charge in [0.2, 0.25) is 0 Å². The van der Waals surface area contributed by atoms with Gasteiger partial charge in [0, 0.05) is 24.7 Å². The van der Waals surface area contributed by atoms with Gasteiger partial charge in [0.1, 0.15) is 11.3 Å². The van der Waals surface area contributed by atoms with E-state index in [-0.39, 0.29) is 33.7 Å². The predicted molar refractivity (Wildman–Crippen MR) is 116 cm³/mol. The number of rotatable bonds is 4. The molecule has 0 unspecified atom stereocenters. The van der Waals surface area contributed by atoms with Crippen LogP contribution in [0.15, 0.2) is 30.3 Å². The van der Waals surface area contributed by atoms with Gasteiger partial charge in [0.05, 0.1) is 33.2 Å². The summed E-state index contributed by atoms with van der Waals surface area (Å²) in [5.41, 5.74) is 2.54. The van der Waals surface area contributed by atoms with Crippen LogP contribution in [-0.4, -0.2) is 39.8 Å². The number of hydrogen-bond donors (Lipinski definition) is 1. The Kier molecular flexibility index (Phi) is 6.03. The molecule has 30 heavy (non-hydrogen) atoms. The number of amides is 2. The molecule has 0 aliphatic carbocycles. The molecule has 0 bridgehead atoms. The van der Waals surface area contributed by atoms with Crippen molar-refractivity contribution in [3.05, 3.63) is 63.7 Å². The first-order chi connectivity index (χ1) is 14.1. The van der Waals surface area contributed by atoms with Gasteiger partial charge < -0.3 is 10.2 Å². The largest absolute Gasteiger partial charge is 0.339 e. The Balaban J connectivity index is 2.00. The minimum atomic E-state index is -0.598. The normalized spacial score (nSPS) is 11.1. The summed E-state index contributed by atoms with van der Waals surface area (Å²) < 4.78 is 14.1. The Labute approximate surface area is 179 Å². The number of nitrogens with one attached hydrogen (secondary N) is 1. The SMILES string of the molecule is Cc1nc2cc(F)cc(C(=O)Nc3cc(C(=O)N(C)C(C)C)ccc3Cl)c2nc1C. The summed E-state index contributed by atoms with van der Waals surface area (Å²) in [4.78, 5) is 35.9. The predicted octanol–water partition coefficient (Wildman–Crippen LogP) is 4.77. The number of hydrogen-bond acceptors (Lipinski definition) is 4. The zero-order valence-electron chi connectivity index (χ0n) is 17.4. The van der Waals surface area contributed by atoms with E-state index in [2.05, 4.69) is 15.3 Å². The third-order valence-corrected chi connectivity index (χ3v) is 5.28. The highest BCUT2D eigenvalue weighted by Crippen LogP contribution is 2.26. The van der Waals surface area contributed by atoms with Crippen molar-refractivity contribution in [1.29, 1.82) is 0 Å². The molecule has 0 aliphatic heterocycles. The maximum Gasteiger partial charge on any atom is 0.258 e. The summed E-state index contributed by atoms with van der Waals surface area (Å²) >= 11 is 6.23. The number of benzene rings is 2. The Bertz CT molecular complexity index is 1160. The molecule has 1 aromatic heterocycles. The second kappa shape index (κ2) is 8.36. The molecule has 8 heteroatoms. The van der Waals surface area contributed by atoms with E-state index in [1.165, 1.54) is 18.2 Å². The molecule has 1 heterocycles. The lowest BCUT2D eigenvalue weighted by Gasteiger charge is -2.22. The number of fused-ring (bicyclic) bond motifs is 1. The Hall–Kier alpha value is -3.06. The molecule has 0 saturated carbocycles. The second-order valence-corrected chi connectivity index (χ2v) is 7.78. The summed E-state index contributed by atoms with van der Waals surface area (Å²) in [5.74, 6) is -1.40. The van der Waals surface area contributed by atoms with E-state index >= 15 is 0 Å². The van der Waals surface area contributed by atoms with E-state index in [1.807, 2.05) is 13.8 Å². The Morgan fingerprint density at radius 3 is 2.43 bits per heavy atom. The number of aryl methyl sites for hydroxylation is 2. The van der Waals surface area contributed by atoms with Crippen LogP contribution in [0, 0.1) is 19.7 Å². The highest BCUT2D eigenvalue weighted by atomic mass is 35.5. The molecule has 156 valence electrons. The Morgan fingerprint density at radius 2 is 1.77 bits per heavy atom. The molecule has 0 fully saturated rings. The second-order valence-electron chi connectivity index (χ2n) is 7.37. The topological polar surface area (TPSA) is 75.2 Å². The average Bonchev–Trinajstić information content (AvgIpc) is 2.69. The van der Waals surface area contributed by atoms with Gasteiger partial charge in [0.25, 0.3) is 11.8 Å². The molecule has 0 saturated heterocycles. The van der Waals surface area contributed by atoms with Crippen molar-refractivity contribution in [2.45, 2.75) is 33.7 Å². The molecular weight excluding hydrogens is 407 g/mol. The zero-order valence-corrected chi connectivity index (χ0v) is 18.1. The summed E-state index contributed by atoms with van der Waals surface area (Å²) in [5, 5.41) is 2.92. The van der Waals surface area contributed by atoms with Gasteiger partial charge >= 0.3 is 0 Å². The first kappa shape index (κ1) is 21.6. The van der Waals surface area contributed by atoms with Gasteiger partial charge in [-0.15, -0.1) is 0 Å². The van der Waals surface area contributed by atoms with E-state index in [1.54, 1.807) is 31.9 Å². The zero-order chi connectivity index (χ0) is 22.2. The summed E-state index contributed by atoms with van der Waals surface area (Å²) in [7, 11) is 1.70. The summed E-state index contributed by atoms with van der Waals surface area (Å²) in [6, 6.07) is 6.99. The lowest BCUT2D eigenvalue weighted by atomic mass is 10.1. The molecule has 3 rings (SSSR count). The number of carbonyl (C=O) groups is 2. The molecule has 2 aromatic carbocycles. The number of carbonyl (C=O) groups excluding carboxylic acids is 2. The van der Waals surface area contributed by atoms with Crippen molar-refractivity contribution < 1.29 is 14.0 Å². The number of aromatic nitrogens is 2. The molecule has 6 nitrogen and oxygen atoms in total. The van der Waals surface area contributed by atoms with Crippen molar-refractivity contribution in [3.63, 3.8) is 0 Å². The maximum atomic E-state index is 14.1. The van der Waals surface area contributed by atoms with E-state index in [0.717, 1.165) is 6.07 Å². The van der Waals surface area contributed by atoms with Crippen molar-refractivity contribution >= 4 is 40.1 Å². The molecule has 2 amide bonds. The van der Waals surface area contributed by atoms with Gasteiger partial charge in [-0.3, -0.25) is 9.59 Å². The highest BCUT2D eigenvalue weighted by molar-refractivity contribution is 6.34. The van der Waals surface area contributed by atoms with E-state index in [0.29, 0.717) is 22.5 Å². The fourth-order valence-corrected chi connectivity index (χ4v) is 3.02. The monoisotopic (exact) mass is 428 g/mol. The molecule has 0 aliphatic rings. The van der Waals surface area contributed by atoms with Crippen molar-refractivity contribution in [2.75, 3.05) is 12.4 Å². The quantitative estimate of drug-likeness (QED) is 0.649. The molecule has 3 aromatic rings. The molecule has 0 radical (unpaired) electrons. The Morgan fingerprint density at radius 1 is 1.10 bits per heavy atom. The number of halogens is 2. The minimum Gasteiger partial charge on any atom is -0.339 e. The fraction of sp³-hybridized carbons (Fsp3) is 0.273. The highest BCUT2D eigenvalue weighted by Gasteiger charge is 2.19. The third kappa shape index (κ3) is 4.26. The van der Waals surface area contributed by atoms with Crippen molar-refractivity contribution in [3.8, 4) is 0 Å². The van der Waals surface area contributed by atoms with Crippen LogP contribution in [0.4, 0.5) is 10.1 Å². The van der Waals surface area contributed by atoms with Crippen LogP contribution >= 0.6 is 11.6 Å². The molecule has 1 N–H and O–H groups in total. The third-order valence-electron chi connectivity index (χ3n) is 4.95. The van der Waals surface area contributed by atoms with Gasteiger partial charge in [-0.1, -0.05) is 11.6 Å². The van der Waals surface area contributed by atoms with Crippen molar-refractivity contribution in [2.24, 2.45) is 0 Å². The van der Waals surface area contributed by atoms with Crippen LogP contribution < -0.4 is 5.32 Å². The van der Waals surface area contributed by atoms with Crippen LogP contribution in [0.2, 0.25) is 5.02 Å². The average molecular weight is 429 g/mol. The lowest BCUT2D eigenvalue weighted by Crippen LogP contribution is -2.33.